The maximum Gasteiger partial charge on any atom is 0.317 e. The second-order valence-electron chi connectivity index (χ2n) is 9.49. The van der Waals surface area contributed by atoms with Crippen LogP contribution >= 0.6 is 0 Å². The number of urea groups is 1. The molecule has 148 valence electrons. The van der Waals surface area contributed by atoms with Gasteiger partial charge in [0, 0.05) is 25.2 Å². The van der Waals surface area contributed by atoms with E-state index in [1.54, 1.807) is 0 Å². The first-order valence-electron chi connectivity index (χ1n) is 10.1. The molecule has 3 fully saturated rings. The van der Waals surface area contributed by atoms with Crippen molar-refractivity contribution in [2.45, 2.75) is 71.4 Å². The first kappa shape index (κ1) is 19.5. The molecule has 2 N–H and O–H groups in total. The summed E-state index contributed by atoms with van der Waals surface area (Å²) in [6.07, 6.45) is 6.32. The normalized spacial score (nSPS) is 36.2. The summed E-state index contributed by atoms with van der Waals surface area (Å²) >= 11 is 0. The Bertz CT molecular complexity index is 565. The molecule has 0 aromatic rings. The Morgan fingerprint density at radius 2 is 1.92 bits per heavy atom. The number of carboxylic acids is 1. The van der Waals surface area contributed by atoms with Crippen molar-refractivity contribution < 1.29 is 14.7 Å². The topological polar surface area (TPSA) is 72.9 Å². The quantitative estimate of drug-likeness (QED) is 0.803. The van der Waals surface area contributed by atoms with Crippen LogP contribution in [-0.2, 0) is 4.79 Å². The van der Waals surface area contributed by atoms with E-state index < -0.39 is 5.97 Å². The van der Waals surface area contributed by atoms with Gasteiger partial charge in [-0.2, -0.15) is 0 Å². The van der Waals surface area contributed by atoms with E-state index in [1.807, 2.05) is 16.8 Å². The molecule has 0 aromatic carbocycles. The molecule has 4 atom stereocenters. The first-order chi connectivity index (χ1) is 12.1. The molecule has 1 saturated heterocycles. The fourth-order valence-corrected chi connectivity index (χ4v) is 5.73. The van der Waals surface area contributed by atoms with Crippen molar-refractivity contribution in [2.24, 2.45) is 16.7 Å². The second kappa shape index (κ2) is 7.02. The zero-order chi connectivity index (χ0) is 19.1. The van der Waals surface area contributed by atoms with Crippen LogP contribution in [0.25, 0.3) is 0 Å². The highest BCUT2D eigenvalue weighted by molar-refractivity contribution is 5.74. The van der Waals surface area contributed by atoms with E-state index in [0.717, 1.165) is 38.1 Å². The van der Waals surface area contributed by atoms with Crippen LogP contribution in [0.1, 0.15) is 59.3 Å². The van der Waals surface area contributed by atoms with Crippen molar-refractivity contribution in [3.63, 3.8) is 0 Å². The highest BCUT2D eigenvalue weighted by Gasteiger charge is 2.61. The van der Waals surface area contributed by atoms with E-state index in [1.165, 1.54) is 12.8 Å². The molecule has 2 aliphatic carbocycles. The minimum absolute atomic E-state index is 0.0633. The molecule has 3 aliphatic rings. The van der Waals surface area contributed by atoms with Gasteiger partial charge in [0.25, 0.3) is 0 Å². The zero-order valence-electron chi connectivity index (χ0n) is 16.8. The van der Waals surface area contributed by atoms with Crippen LogP contribution in [0.4, 0.5) is 4.79 Å². The van der Waals surface area contributed by atoms with E-state index in [4.69, 9.17) is 5.11 Å². The minimum atomic E-state index is -0.793. The summed E-state index contributed by atoms with van der Waals surface area (Å²) in [4.78, 5) is 27.7. The van der Waals surface area contributed by atoms with Crippen molar-refractivity contribution in [1.29, 1.82) is 0 Å². The lowest BCUT2D eigenvalue weighted by Gasteiger charge is -2.40. The fourth-order valence-electron chi connectivity index (χ4n) is 5.73. The average molecular weight is 366 g/mol. The molecule has 2 amide bonds. The monoisotopic (exact) mass is 365 g/mol. The maximum atomic E-state index is 12.9. The van der Waals surface area contributed by atoms with Gasteiger partial charge in [0.15, 0.2) is 0 Å². The standard InChI is InChI=1S/C20H35N3O3/c1-19(2)14-7-9-20(19,3)16(12-14)21-18(26)23-10-5-6-15(8-11-23)22(4)13-17(24)25/h14-16H,5-13H2,1-4H3,(H,21,26)(H,24,25). The molecule has 0 radical (unpaired) electrons. The lowest BCUT2D eigenvalue weighted by Crippen LogP contribution is -2.51. The van der Waals surface area contributed by atoms with E-state index in [-0.39, 0.29) is 30.1 Å². The van der Waals surface area contributed by atoms with Crippen LogP contribution < -0.4 is 5.32 Å². The third-order valence-corrected chi connectivity index (χ3v) is 8.08. The van der Waals surface area contributed by atoms with E-state index in [0.29, 0.717) is 12.0 Å². The van der Waals surface area contributed by atoms with Gasteiger partial charge in [0.1, 0.15) is 0 Å². The Balaban J connectivity index is 1.56. The van der Waals surface area contributed by atoms with Crippen LogP contribution in [0.5, 0.6) is 0 Å². The second-order valence-corrected chi connectivity index (χ2v) is 9.49. The number of hydrogen-bond donors (Lipinski definition) is 2. The van der Waals surface area contributed by atoms with Gasteiger partial charge >= 0.3 is 12.0 Å². The lowest BCUT2D eigenvalue weighted by molar-refractivity contribution is -0.138. The van der Waals surface area contributed by atoms with Crippen LogP contribution in [0.3, 0.4) is 0 Å². The molecule has 2 saturated carbocycles. The number of nitrogens with zero attached hydrogens (tertiary/aromatic N) is 2. The Hall–Kier alpha value is -1.30. The van der Waals surface area contributed by atoms with Crippen LogP contribution in [0.2, 0.25) is 0 Å². The molecule has 0 aromatic heterocycles. The summed E-state index contributed by atoms with van der Waals surface area (Å²) in [5.74, 6) is -0.0746. The summed E-state index contributed by atoms with van der Waals surface area (Å²) in [6, 6.07) is 0.585. The smallest absolute Gasteiger partial charge is 0.317 e. The Morgan fingerprint density at radius 3 is 2.50 bits per heavy atom. The van der Waals surface area contributed by atoms with Gasteiger partial charge in [-0.3, -0.25) is 9.69 Å². The van der Waals surface area contributed by atoms with Crippen LogP contribution in [-0.4, -0.2) is 65.7 Å². The van der Waals surface area contributed by atoms with Crippen molar-refractivity contribution in [3.8, 4) is 0 Å². The van der Waals surface area contributed by atoms with Gasteiger partial charge < -0.3 is 15.3 Å². The number of carbonyl (C=O) groups excluding carboxylic acids is 1. The van der Waals surface area contributed by atoms with Crippen LogP contribution in [0.15, 0.2) is 0 Å². The largest absolute Gasteiger partial charge is 0.480 e. The fraction of sp³-hybridized carbons (Fsp3) is 0.900. The number of fused-ring (bicyclic) bond motifs is 2. The third kappa shape index (κ3) is 3.32. The highest BCUT2D eigenvalue weighted by Crippen LogP contribution is 2.65. The molecule has 3 rings (SSSR count). The van der Waals surface area contributed by atoms with Crippen LogP contribution in [0, 0.1) is 16.7 Å². The number of amides is 2. The van der Waals surface area contributed by atoms with Gasteiger partial charge in [-0.15, -0.1) is 0 Å². The number of carbonyl (C=O) groups is 2. The summed E-state index contributed by atoms with van der Waals surface area (Å²) in [5.41, 5.74) is 0.498. The van der Waals surface area contributed by atoms with Crippen molar-refractivity contribution in [1.82, 2.24) is 15.1 Å². The first-order valence-corrected chi connectivity index (χ1v) is 10.1. The Kier molecular flexibility index (Phi) is 5.26. The number of hydrogen-bond acceptors (Lipinski definition) is 3. The third-order valence-electron chi connectivity index (χ3n) is 8.08. The number of carboxylic acid groups (broad SMARTS) is 1. The molecule has 6 nitrogen and oxygen atoms in total. The molecular weight excluding hydrogens is 330 g/mol. The predicted octanol–water partition coefficient (Wildman–Crippen LogP) is 2.78. The number of likely N-dealkylation sites (tertiary alicyclic amines) is 1. The molecule has 1 aliphatic heterocycles. The summed E-state index contributed by atoms with van der Waals surface area (Å²) in [6.45, 7) is 8.62. The molecular formula is C20H35N3O3. The molecule has 4 unspecified atom stereocenters. The molecule has 0 spiro atoms. The molecule has 6 heteroatoms. The number of rotatable bonds is 4. The predicted molar refractivity (Wildman–Crippen MR) is 101 cm³/mol. The molecule has 26 heavy (non-hydrogen) atoms. The van der Waals surface area contributed by atoms with E-state index in [9.17, 15) is 9.59 Å². The zero-order valence-corrected chi connectivity index (χ0v) is 16.8. The van der Waals surface area contributed by atoms with Crippen molar-refractivity contribution in [3.05, 3.63) is 0 Å². The summed E-state index contributed by atoms with van der Waals surface area (Å²) in [7, 11) is 1.87. The SMILES string of the molecule is CN(CC(=O)O)C1CCCN(C(=O)NC2CC3CCC2(C)C3(C)C)CC1. The number of aliphatic carboxylic acids is 1. The Morgan fingerprint density at radius 1 is 1.19 bits per heavy atom. The minimum Gasteiger partial charge on any atom is -0.480 e. The Labute approximate surface area is 157 Å². The van der Waals surface area contributed by atoms with Gasteiger partial charge in [-0.25, -0.2) is 4.79 Å². The lowest BCUT2D eigenvalue weighted by atomic mass is 9.69. The van der Waals surface area contributed by atoms with Gasteiger partial charge in [-0.05, 0) is 62.3 Å². The summed E-state index contributed by atoms with van der Waals surface area (Å²) in [5, 5.41) is 12.3. The number of nitrogens with one attached hydrogen (secondary N) is 1. The van der Waals surface area contributed by atoms with Crippen molar-refractivity contribution in [2.75, 3.05) is 26.7 Å². The average Bonchev–Trinajstić information content (AvgIpc) is 2.82. The maximum absolute atomic E-state index is 12.9. The van der Waals surface area contributed by atoms with Gasteiger partial charge in [0.2, 0.25) is 0 Å². The van der Waals surface area contributed by atoms with E-state index in [2.05, 4.69) is 26.1 Å². The van der Waals surface area contributed by atoms with Gasteiger partial charge in [0.05, 0.1) is 6.54 Å². The molecule has 2 bridgehead atoms. The van der Waals surface area contributed by atoms with E-state index >= 15 is 0 Å². The molecule has 1 heterocycles. The van der Waals surface area contributed by atoms with Gasteiger partial charge in [-0.1, -0.05) is 20.8 Å². The summed E-state index contributed by atoms with van der Waals surface area (Å²) < 4.78 is 0. The van der Waals surface area contributed by atoms with Crippen molar-refractivity contribution >= 4 is 12.0 Å². The highest BCUT2D eigenvalue weighted by atomic mass is 16.4. The number of likely N-dealkylation sites (N-methyl/N-ethyl adjacent to an activating group) is 1.